The molecule has 0 heterocycles. The maximum absolute atomic E-state index is 5.92. The van der Waals surface area contributed by atoms with Crippen molar-refractivity contribution in [1.29, 1.82) is 0 Å². The topological polar surface area (TPSA) is 27.7 Å². The standard InChI is InChI=1S/C20H27BrO3/c1-3-4-13-23-17-9-10-18-16(15-17)8-11-19(20(18)22-2)24-14-7-5-6-12-21/h8-11,15H,3-7,12-14H2,1-2H3. The summed E-state index contributed by atoms with van der Waals surface area (Å²) in [5, 5.41) is 3.21. The molecule has 0 atom stereocenters. The van der Waals surface area contributed by atoms with Crippen molar-refractivity contribution in [3.8, 4) is 17.2 Å². The molecule has 0 amide bonds. The van der Waals surface area contributed by atoms with Crippen LogP contribution in [0.3, 0.4) is 0 Å². The molecule has 24 heavy (non-hydrogen) atoms. The Hall–Kier alpha value is -1.42. The van der Waals surface area contributed by atoms with E-state index >= 15 is 0 Å². The Kier molecular flexibility index (Phi) is 8.23. The summed E-state index contributed by atoms with van der Waals surface area (Å²) in [5.41, 5.74) is 0. The predicted octanol–water partition coefficient (Wildman–Crippen LogP) is 5.97. The number of alkyl halides is 1. The molecule has 4 heteroatoms. The third-order valence-electron chi connectivity index (χ3n) is 3.91. The minimum atomic E-state index is 0.715. The lowest BCUT2D eigenvalue weighted by Gasteiger charge is -2.14. The normalized spacial score (nSPS) is 10.8. The number of methoxy groups -OCH3 is 1. The molecule has 0 aromatic heterocycles. The first-order chi connectivity index (χ1) is 11.8. The Morgan fingerprint density at radius 2 is 1.75 bits per heavy atom. The molecule has 0 unspecified atom stereocenters. The van der Waals surface area contributed by atoms with Gasteiger partial charge in [-0.2, -0.15) is 0 Å². The number of rotatable bonds is 11. The lowest BCUT2D eigenvalue weighted by Crippen LogP contribution is -2.00. The van der Waals surface area contributed by atoms with E-state index in [4.69, 9.17) is 14.2 Å². The fraction of sp³-hybridized carbons (Fsp3) is 0.500. The van der Waals surface area contributed by atoms with Gasteiger partial charge >= 0.3 is 0 Å². The fourth-order valence-corrected chi connectivity index (χ4v) is 2.96. The molecule has 0 spiro atoms. The highest BCUT2D eigenvalue weighted by atomic mass is 79.9. The molecule has 0 radical (unpaired) electrons. The van der Waals surface area contributed by atoms with Crippen molar-refractivity contribution in [3.63, 3.8) is 0 Å². The molecule has 0 bridgehead atoms. The van der Waals surface area contributed by atoms with Gasteiger partial charge in [-0.25, -0.2) is 0 Å². The zero-order chi connectivity index (χ0) is 17.2. The summed E-state index contributed by atoms with van der Waals surface area (Å²) in [6.07, 6.45) is 5.61. The molecular weight excluding hydrogens is 368 g/mol. The third kappa shape index (κ3) is 5.30. The Bertz CT molecular complexity index is 628. The van der Waals surface area contributed by atoms with E-state index in [1.807, 2.05) is 18.2 Å². The number of fused-ring (bicyclic) bond motifs is 1. The van der Waals surface area contributed by atoms with Gasteiger partial charge in [-0.1, -0.05) is 35.3 Å². The Labute approximate surface area is 153 Å². The second-order valence-electron chi connectivity index (χ2n) is 5.78. The fourth-order valence-electron chi connectivity index (χ4n) is 2.56. The van der Waals surface area contributed by atoms with Crippen LogP contribution in [0.25, 0.3) is 10.8 Å². The van der Waals surface area contributed by atoms with Crippen LogP contribution < -0.4 is 14.2 Å². The lowest BCUT2D eigenvalue weighted by molar-refractivity contribution is 0.287. The largest absolute Gasteiger partial charge is 0.494 e. The van der Waals surface area contributed by atoms with E-state index in [0.717, 1.165) is 59.2 Å². The van der Waals surface area contributed by atoms with Crippen LogP contribution in [0.15, 0.2) is 30.3 Å². The second-order valence-corrected chi connectivity index (χ2v) is 6.57. The second kappa shape index (κ2) is 10.4. The molecule has 0 aliphatic carbocycles. The minimum absolute atomic E-state index is 0.715. The molecule has 0 aliphatic heterocycles. The quantitative estimate of drug-likeness (QED) is 0.347. The van der Waals surface area contributed by atoms with Gasteiger partial charge in [0.1, 0.15) is 5.75 Å². The Morgan fingerprint density at radius 3 is 2.50 bits per heavy atom. The van der Waals surface area contributed by atoms with Crippen molar-refractivity contribution in [2.24, 2.45) is 0 Å². The van der Waals surface area contributed by atoms with Gasteiger partial charge in [0.25, 0.3) is 0 Å². The molecule has 2 aromatic rings. The summed E-state index contributed by atoms with van der Waals surface area (Å²) in [4.78, 5) is 0. The van der Waals surface area contributed by atoms with Crippen LogP contribution in [-0.2, 0) is 0 Å². The van der Waals surface area contributed by atoms with Crippen molar-refractivity contribution in [3.05, 3.63) is 30.3 Å². The van der Waals surface area contributed by atoms with Gasteiger partial charge < -0.3 is 14.2 Å². The van der Waals surface area contributed by atoms with Crippen LogP contribution in [0.4, 0.5) is 0 Å². The van der Waals surface area contributed by atoms with Crippen LogP contribution in [0.5, 0.6) is 17.2 Å². The minimum Gasteiger partial charge on any atom is -0.494 e. The number of benzene rings is 2. The first-order valence-electron chi connectivity index (χ1n) is 8.72. The van der Waals surface area contributed by atoms with Crippen LogP contribution in [0.2, 0.25) is 0 Å². The van der Waals surface area contributed by atoms with E-state index in [1.165, 1.54) is 12.8 Å². The van der Waals surface area contributed by atoms with Crippen LogP contribution in [0.1, 0.15) is 39.0 Å². The first kappa shape index (κ1) is 18.9. The van der Waals surface area contributed by atoms with Crippen molar-refractivity contribution in [2.75, 3.05) is 25.7 Å². The first-order valence-corrected chi connectivity index (χ1v) is 9.84. The number of ether oxygens (including phenoxy) is 3. The maximum atomic E-state index is 5.92. The van der Waals surface area contributed by atoms with Crippen LogP contribution in [-0.4, -0.2) is 25.7 Å². The molecule has 0 fully saturated rings. The highest BCUT2D eigenvalue weighted by molar-refractivity contribution is 9.09. The molecule has 2 aromatic carbocycles. The van der Waals surface area contributed by atoms with Gasteiger partial charge in [0, 0.05) is 10.7 Å². The van der Waals surface area contributed by atoms with E-state index < -0.39 is 0 Å². The predicted molar refractivity (Wildman–Crippen MR) is 104 cm³/mol. The average Bonchev–Trinajstić information content (AvgIpc) is 2.61. The zero-order valence-electron chi connectivity index (χ0n) is 14.6. The highest BCUT2D eigenvalue weighted by Crippen LogP contribution is 2.37. The van der Waals surface area contributed by atoms with Gasteiger partial charge in [-0.15, -0.1) is 0 Å². The molecule has 0 aliphatic rings. The summed E-state index contributed by atoms with van der Waals surface area (Å²) >= 11 is 3.45. The maximum Gasteiger partial charge on any atom is 0.168 e. The summed E-state index contributed by atoms with van der Waals surface area (Å²) in [6, 6.07) is 10.2. The van der Waals surface area contributed by atoms with Gasteiger partial charge in [-0.3, -0.25) is 0 Å². The summed E-state index contributed by atoms with van der Waals surface area (Å²) in [7, 11) is 1.69. The third-order valence-corrected chi connectivity index (χ3v) is 4.47. The van der Waals surface area contributed by atoms with Crippen LogP contribution >= 0.6 is 15.9 Å². The number of hydrogen-bond donors (Lipinski definition) is 0. The lowest BCUT2D eigenvalue weighted by atomic mass is 10.1. The van der Waals surface area contributed by atoms with E-state index in [1.54, 1.807) is 7.11 Å². The highest BCUT2D eigenvalue weighted by Gasteiger charge is 2.10. The van der Waals surface area contributed by atoms with Gasteiger partial charge in [0.2, 0.25) is 0 Å². The molecule has 3 nitrogen and oxygen atoms in total. The van der Waals surface area contributed by atoms with Crippen molar-refractivity contribution in [1.82, 2.24) is 0 Å². The van der Waals surface area contributed by atoms with Crippen molar-refractivity contribution >= 4 is 26.7 Å². The average molecular weight is 395 g/mol. The van der Waals surface area contributed by atoms with E-state index in [9.17, 15) is 0 Å². The smallest absolute Gasteiger partial charge is 0.168 e. The Morgan fingerprint density at radius 1 is 0.917 bits per heavy atom. The van der Waals surface area contributed by atoms with Gasteiger partial charge in [-0.05, 0) is 55.3 Å². The summed E-state index contributed by atoms with van der Waals surface area (Å²) in [6.45, 7) is 3.64. The van der Waals surface area contributed by atoms with Crippen LogP contribution in [0, 0.1) is 0 Å². The van der Waals surface area contributed by atoms with Gasteiger partial charge in [0.05, 0.1) is 20.3 Å². The Balaban J connectivity index is 2.09. The van der Waals surface area contributed by atoms with E-state index in [2.05, 4.69) is 35.0 Å². The number of hydrogen-bond acceptors (Lipinski definition) is 3. The molecule has 0 saturated carbocycles. The number of halogens is 1. The monoisotopic (exact) mass is 394 g/mol. The molecule has 132 valence electrons. The van der Waals surface area contributed by atoms with Gasteiger partial charge in [0.15, 0.2) is 11.5 Å². The van der Waals surface area contributed by atoms with Crippen molar-refractivity contribution in [2.45, 2.75) is 39.0 Å². The van der Waals surface area contributed by atoms with E-state index in [0.29, 0.717) is 6.61 Å². The number of unbranched alkanes of at least 4 members (excludes halogenated alkanes) is 3. The zero-order valence-corrected chi connectivity index (χ0v) is 16.2. The molecule has 2 rings (SSSR count). The van der Waals surface area contributed by atoms with Crippen molar-refractivity contribution < 1.29 is 14.2 Å². The summed E-state index contributed by atoms with van der Waals surface area (Å²) in [5.74, 6) is 2.51. The molecule has 0 saturated heterocycles. The summed E-state index contributed by atoms with van der Waals surface area (Å²) < 4.78 is 17.3. The SMILES string of the molecule is CCCCOc1ccc2c(OC)c(OCCCCCBr)ccc2c1. The van der Waals surface area contributed by atoms with E-state index in [-0.39, 0.29) is 0 Å². The molecular formula is C20H27BrO3. The molecule has 0 N–H and O–H groups in total.